The quantitative estimate of drug-likeness (QED) is 0.189. The van der Waals surface area contributed by atoms with Gasteiger partial charge in [-0.3, -0.25) is 19.3 Å². The van der Waals surface area contributed by atoms with Crippen molar-refractivity contribution in [1.29, 1.82) is 0 Å². The summed E-state index contributed by atoms with van der Waals surface area (Å²) >= 11 is 0. The molecule has 10 rings (SSSR count). The molecule has 2 amide bonds. The fourth-order valence-corrected chi connectivity index (χ4v) is 11.9. The van der Waals surface area contributed by atoms with Crippen LogP contribution in [0.4, 0.5) is 18.9 Å². The number of aliphatic imine (C=N–C) groups is 1. The van der Waals surface area contributed by atoms with E-state index in [0.29, 0.717) is 56.9 Å². The van der Waals surface area contributed by atoms with Crippen LogP contribution in [0.5, 0.6) is 0 Å². The van der Waals surface area contributed by atoms with Crippen LogP contribution in [0.1, 0.15) is 109 Å². The molecule has 1 aromatic heterocycles. The van der Waals surface area contributed by atoms with Crippen LogP contribution in [0, 0.1) is 34.8 Å². The van der Waals surface area contributed by atoms with Gasteiger partial charge in [-0.25, -0.2) is 13.2 Å². The van der Waals surface area contributed by atoms with E-state index in [-0.39, 0.29) is 71.0 Å². The van der Waals surface area contributed by atoms with Crippen molar-refractivity contribution in [3.05, 3.63) is 99.2 Å². The van der Waals surface area contributed by atoms with Crippen molar-refractivity contribution in [3.8, 4) is 0 Å². The number of aromatic nitrogens is 1. The Kier molecular flexibility index (Phi) is 9.30. The summed E-state index contributed by atoms with van der Waals surface area (Å²) in [6.45, 7) is 6.92. The van der Waals surface area contributed by atoms with E-state index >= 15 is 8.78 Å². The van der Waals surface area contributed by atoms with Crippen molar-refractivity contribution in [2.75, 3.05) is 24.5 Å². The van der Waals surface area contributed by atoms with E-state index in [2.05, 4.69) is 32.8 Å². The Bertz CT molecular complexity index is 2410. The number of ketones is 1. The molecule has 1 saturated heterocycles. The first-order chi connectivity index (χ1) is 28.3. The lowest BCUT2D eigenvalue weighted by Crippen LogP contribution is -2.53. The zero-order valence-electron chi connectivity index (χ0n) is 33.7. The molecule has 2 aliphatic carbocycles. The van der Waals surface area contributed by atoms with Gasteiger partial charge >= 0.3 is 0 Å². The molecule has 0 radical (unpaired) electrons. The number of benzene rings is 3. The van der Waals surface area contributed by atoms with Crippen LogP contribution in [0.3, 0.4) is 0 Å². The Balaban J connectivity index is 0.798. The van der Waals surface area contributed by atoms with Crippen LogP contribution in [-0.4, -0.2) is 70.1 Å². The van der Waals surface area contributed by atoms with Gasteiger partial charge in [-0.05, 0) is 116 Å². The number of Topliss-reactive ketones (excluding diaryl/α,β-unsaturated/α-hetero) is 1. The van der Waals surface area contributed by atoms with E-state index in [4.69, 9.17) is 5.73 Å². The molecular formula is C47H51F3N6O3. The maximum atomic E-state index is 16.5. The summed E-state index contributed by atoms with van der Waals surface area (Å²) in [4.78, 5) is 52.2. The molecule has 12 heteroatoms. The normalized spacial score (nSPS) is 28.4. The molecule has 4 aromatic rings. The van der Waals surface area contributed by atoms with E-state index < -0.39 is 23.7 Å². The summed E-state index contributed by atoms with van der Waals surface area (Å²) in [5.74, 6) is -2.05. The summed E-state index contributed by atoms with van der Waals surface area (Å²) in [6, 6.07) is 14.6. The van der Waals surface area contributed by atoms with Crippen LogP contribution in [-0.2, 0) is 35.6 Å². The number of amidine groups is 1. The summed E-state index contributed by atoms with van der Waals surface area (Å²) in [7, 11) is 0. The first-order valence-electron chi connectivity index (χ1n) is 21.4. The number of nitrogens with two attached hydrogens (primary N) is 1. The number of rotatable bonds is 8. The van der Waals surface area contributed by atoms with Crippen molar-refractivity contribution < 1.29 is 27.6 Å². The number of nitrogens with one attached hydrogen (secondary N) is 1. The molecule has 1 saturated carbocycles. The standard InChI is InChI=1S/C47H51F3N6O3/c1-25-12-35-32-6-3-4-7-38(32)52-44(35)42(33(25)13-26(2)48)43-36(49)16-31(17-37(43)50)55-11-5-10-47(24-55)18-30(19-47)40(57)23-54-20-27-14-29-22-56(39-8-9-41(58)53-45(39)51)46(59)34(29)15-28(27)21-54/h3-4,6-7,14-17,25-26,30,33,39,42,52H,5,8-13,18-24H2,1-2H3,(H2,51,53,58)/t25-,26?,30?,33?,39?,42-,47?/m1/s1. The third-order valence-corrected chi connectivity index (χ3v) is 14.7. The highest BCUT2D eigenvalue weighted by atomic mass is 19.1. The lowest BCUT2D eigenvalue weighted by atomic mass is 9.57. The zero-order chi connectivity index (χ0) is 40.9. The number of nitrogens with zero attached hydrogens (tertiary/aromatic N) is 4. The first kappa shape index (κ1) is 38.2. The minimum atomic E-state index is -1.10. The SMILES string of the molecule is CC(F)CC1[C@H](c2c(F)cc(N3CCCC4(CC(C(=O)CN5Cc6cc7c(cc6C5)C(=O)N(C5CCC(=O)N=C5N)C7)C4)C3)cc2F)c2[nH]c3ccccc3c2C[C@H]1C. The number of fused-ring (bicyclic) bond motifs is 5. The van der Waals surface area contributed by atoms with Crippen LogP contribution in [0.15, 0.2) is 53.5 Å². The Hall–Kier alpha value is -4.97. The molecule has 3 unspecified atom stereocenters. The van der Waals surface area contributed by atoms with Gasteiger partial charge in [0.1, 0.15) is 23.3 Å². The fourth-order valence-electron chi connectivity index (χ4n) is 11.9. The van der Waals surface area contributed by atoms with Crippen molar-refractivity contribution in [3.63, 3.8) is 0 Å². The number of H-pyrrole nitrogens is 1. The number of hydrogen-bond acceptors (Lipinski definition) is 6. The lowest BCUT2D eigenvalue weighted by Gasteiger charge is -2.53. The Morgan fingerprint density at radius 2 is 1.78 bits per heavy atom. The molecule has 59 heavy (non-hydrogen) atoms. The van der Waals surface area contributed by atoms with Gasteiger partial charge < -0.3 is 20.5 Å². The Labute approximate surface area is 342 Å². The number of hydrogen-bond donors (Lipinski definition) is 2. The smallest absolute Gasteiger partial charge is 0.255 e. The molecule has 0 bridgehead atoms. The van der Waals surface area contributed by atoms with Crippen LogP contribution >= 0.6 is 0 Å². The van der Waals surface area contributed by atoms with Gasteiger partial charge in [0.15, 0.2) is 0 Å². The number of amides is 2. The van der Waals surface area contributed by atoms with E-state index in [0.717, 1.165) is 71.0 Å². The molecule has 9 nitrogen and oxygen atoms in total. The van der Waals surface area contributed by atoms with Crippen molar-refractivity contribution in [2.45, 2.75) is 103 Å². The number of carbonyl (C=O) groups is 3. The van der Waals surface area contributed by atoms with Crippen LogP contribution in [0.2, 0.25) is 0 Å². The highest BCUT2D eigenvalue weighted by Gasteiger charge is 2.50. The second-order valence-electron chi connectivity index (χ2n) is 18.7. The predicted molar refractivity (Wildman–Crippen MR) is 220 cm³/mol. The Morgan fingerprint density at radius 1 is 1.03 bits per heavy atom. The molecule has 5 atom stereocenters. The molecule has 4 aliphatic heterocycles. The number of anilines is 1. The molecule has 1 spiro atoms. The van der Waals surface area contributed by atoms with Crippen LogP contribution in [0.25, 0.3) is 10.9 Å². The van der Waals surface area contributed by atoms with Gasteiger partial charge in [-0.1, -0.05) is 31.2 Å². The van der Waals surface area contributed by atoms with Gasteiger partial charge in [0.05, 0.1) is 18.8 Å². The van der Waals surface area contributed by atoms with Gasteiger partial charge in [0.2, 0.25) is 5.91 Å². The molecule has 3 aromatic carbocycles. The number of piperidine rings is 1. The van der Waals surface area contributed by atoms with E-state index in [1.807, 2.05) is 30.3 Å². The molecule has 3 N–H and O–H groups in total. The average Bonchev–Trinajstić information content (AvgIpc) is 3.85. The minimum absolute atomic E-state index is 0.0142. The summed E-state index contributed by atoms with van der Waals surface area (Å²) in [6.07, 6.45) is 3.97. The highest BCUT2D eigenvalue weighted by molar-refractivity contribution is 6.05. The third-order valence-electron chi connectivity index (χ3n) is 14.7. The number of halogens is 3. The van der Waals surface area contributed by atoms with E-state index in [1.54, 1.807) is 4.90 Å². The van der Waals surface area contributed by atoms with Crippen molar-refractivity contribution in [2.24, 2.45) is 33.9 Å². The molecule has 2 fully saturated rings. The number of aromatic amines is 1. The minimum Gasteiger partial charge on any atom is -0.385 e. The van der Waals surface area contributed by atoms with Gasteiger partial charge in [-0.15, -0.1) is 0 Å². The topological polar surface area (TPSA) is 115 Å². The van der Waals surface area contributed by atoms with E-state index in [1.165, 1.54) is 19.1 Å². The number of alkyl halides is 1. The molecular weight excluding hydrogens is 754 g/mol. The second kappa shape index (κ2) is 14.3. The first-order valence-corrected chi connectivity index (χ1v) is 21.4. The number of para-hydroxylation sites is 1. The maximum Gasteiger partial charge on any atom is 0.255 e. The summed E-state index contributed by atoms with van der Waals surface area (Å²) < 4.78 is 47.7. The lowest BCUT2D eigenvalue weighted by molar-refractivity contribution is -0.132. The Morgan fingerprint density at radius 3 is 2.53 bits per heavy atom. The van der Waals surface area contributed by atoms with Gasteiger partial charge in [-0.2, -0.15) is 4.99 Å². The summed E-state index contributed by atoms with van der Waals surface area (Å²) in [5, 5.41) is 1.05. The molecule has 5 heterocycles. The van der Waals surface area contributed by atoms with E-state index in [9.17, 15) is 18.8 Å². The van der Waals surface area contributed by atoms with Crippen molar-refractivity contribution >= 4 is 40.0 Å². The third kappa shape index (κ3) is 6.57. The zero-order valence-corrected chi connectivity index (χ0v) is 33.7. The fraction of sp³-hybridized carbons (Fsp3) is 0.489. The monoisotopic (exact) mass is 804 g/mol. The predicted octanol–water partition coefficient (Wildman–Crippen LogP) is 7.72. The average molecular weight is 805 g/mol. The van der Waals surface area contributed by atoms with Crippen LogP contribution < -0.4 is 10.6 Å². The maximum absolute atomic E-state index is 16.5. The van der Waals surface area contributed by atoms with Gasteiger partial charge in [0, 0.05) is 84.4 Å². The van der Waals surface area contributed by atoms with Gasteiger partial charge in [0.25, 0.3) is 5.91 Å². The summed E-state index contributed by atoms with van der Waals surface area (Å²) in [5.41, 5.74) is 13.1. The second-order valence-corrected chi connectivity index (χ2v) is 18.7. The molecule has 308 valence electrons. The molecule has 6 aliphatic rings. The number of carbonyl (C=O) groups excluding carboxylic acids is 3. The van der Waals surface area contributed by atoms with Crippen molar-refractivity contribution in [1.82, 2.24) is 14.8 Å². The highest BCUT2D eigenvalue weighted by Crippen LogP contribution is 2.53. The largest absolute Gasteiger partial charge is 0.385 e.